The molecule has 5 heteroatoms. The Morgan fingerprint density at radius 1 is 1.17 bits per heavy atom. The molecule has 1 aromatic rings. The van der Waals surface area contributed by atoms with Gasteiger partial charge in [-0.2, -0.15) is 0 Å². The lowest BCUT2D eigenvalue weighted by Crippen LogP contribution is -2.22. The van der Waals surface area contributed by atoms with E-state index in [-0.39, 0.29) is 41.4 Å². The molecule has 0 bridgehead atoms. The molecule has 1 rings (SSSR count). The summed E-state index contributed by atoms with van der Waals surface area (Å²) in [6.07, 6.45) is 0.0541. The number of carbonyl (C=O) groups excluding carboxylic acids is 1. The molecule has 1 atom stereocenters. The third kappa shape index (κ3) is 5.67. The van der Waals surface area contributed by atoms with Crippen LogP contribution >= 0.6 is 12.4 Å². The highest BCUT2D eigenvalue weighted by Gasteiger charge is 2.27. The third-order valence-corrected chi connectivity index (χ3v) is 3.90. The maximum absolute atomic E-state index is 11.7. The Hall–Kier alpha value is -1.26. The zero-order valence-electron chi connectivity index (χ0n) is 15.9. The van der Waals surface area contributed by atoms with E-state index in [1.165, 1.54) is 0 Å². The monoisotopic (exact) mass is 357 g/mol. The van der Waals surface area contributed by atoms with E-state index in [1.807, 2.05) is 12.1 Å². The number of carbonyl (C=O) groups is 1. The van der Waals surface area contributed by atoms with Crippen molar-refractivity contribution in [3.63, 3.8) is 0 Å². The Bertz CT molecular complexity index is 571. The van der Waals surface area contributed by atoms with Crippen molar-refractivity contribution in [3.05, 3.63) is 28.8 Å². The van der Waals surface area contributed by atoms with E-state index in [1.54, 1.807) is 6.92 Å². The Balaban J connectivity index is 0.00000529. The average Bonchev–Trinajstić information content (AvgIpc) is 2.35. The third-order valence-electron chi connectivity index (χ3n) is 3.90. The summed E-state index contributed by atoms with van der Waals surface area (Å²) in [6.45, 7) is 14.6. The summed E-state index contributed by atoms with van der Waals surface area (Å²) < 4.78 is 4.97. The number of esters is 1. The number of benzene rings is 1. The van der Waals surface area contributed by atoms with Crippen molar-refractivity contribution in [1.82, 2.24) is 0 Å². The molecule has 138 valence electrons. The highest BCUT2D eigenvalue weighted by Crippen LogP contribution is 2.40. The van der Waals surface area contributed by atoms with Crippen LogP contribution in [0.15, 0.2) is 12.1 Å². The molecule has 0 aliphatic rings. The lowest BCUT2D eigenvalue weighted by Gasteiger charge is -2.28. The molecule has 0 aromatic heterocycles. The molecule has 0 unspecified atom stereocenters. The van der Waals surface area contributed by atoms with Gasteiger partial charge in [-0.15, -0.1) is 12.4 Å². The molecule has 0 spiro atoms. The Morgan fingerprint density at radius 3 is 2.12 bits per heavy atom. The number of aromatic hydroxyl groups is 1. The van der Waals surface area contributed by atoms with Gasteiger partial charge in [0.05, 0.1) is 13.0 Å². The maximum Gasteiger partial charge on any atom is 0.307 e. The predicted molar refractivity (Wildman–Crippen MR) is 101 cm³/mol. The molecule has 1 aromatic carbocycles. The second-order valence-electron chi connectivity index (χ2n) is 8.08. The molecule has 4 nitrogen and oxygen atoms in total. The lowest BCUT2D eigenvalue weighted by atomic mass is 9.78. The van der Waals surface area contributed by atoms with Gasteiger partial charge in [-0.3, -0.25) is 4.79 Å². The van der Waals surface area contributed by atoms with Gasteiger partial charge in [0.1, 0.15) is 5.75 Å². The molecule has 0 saturated carbocycles. The van der Waals surface area contributed by atoms with Crippen molar-refractivity contribution in [2.24, 2.45) is 5.73 Å². The fourth-order valence-electron chi connectivity index (χ4n) is 2.45. The van der Waals surface area contributed by atoms with E-state index < -0.39 is 6.04 Å². The quantitative estimate of drug-likeness (QED) is 0.785. The minimum atomic E-state index is -0.586. The summed E-state index contributed by atoms with van der Waals surface area (Å²) in [7, 11) is 0. The molecular weight excluding hydrogens is 326 g/mol. The summed E-state index contributed by atoms with van der Waals surface area (Å²) in [5.74, 6) is -0.167. The zero-order chi connectivity index (χ0) is 18.0. The Morgan fingerprint density at radius 2 is 1.71 bits per heavy atom. The minimum Gasteiger partial charge on any atom is -0.507 e. The molecule has 0 saturated heterocycles. The van der Waals surface area contributed by atoms with Crippen LogP contribution in [0.2, 0.25) is 0 Å². The lowest BCUT2D eigenvalue weighted by molar-refractivity contribution is -0.143. The van der Waals surface area contributed by atoms with Gasteiger partial charge in [0.2, 0.25) is 0 Å². The molecular formula is C19H32ClNO3. The van der Waals surface area contributed by atoms with Crippen LogP contribution < -0.4 is 5.73 Å². The van der Waals surface area contributed by atoms with E-state index >= 15 is 0 Å². The first-order valence-corrected chi connectivity index (χ1v) is 8.17. The largest absolute Gasteiger partial charge is 0.507 e. The van der Waals surface area contributed by atoms with E-state index in [0.717, 1.165) is 11.1 Å². The van der Waals surface area contributed by atoms with Gasteiger partial charge in [0.15, 0.2) is 0 Å². The SMILES string of the molecule is CCOC(=O)C[C@H](N)c1cc(C(C)(C)C)cc(C(C)(C)C)c1O.Cl. The van der Waals surface area contributed by atoms with Crippen LogP contribution in [-0.2, 0) is 20.4 Å². The van der Waals surface area contributed by atoms with Crippen LogP contribution in [0, 0.1) is 0 Å². The molecule has 24 heavy (non-hydrogen) atoms. The summed E-state index contributed by atoms with van der Waals surface area (Å²) in [4.78, 5) is 11.7. The van der Waals surface area contributed by atoms with E-state index in [9.17, 15) is 9.90 Å². The van der Waals surface area contributed by atoms with Crippen molar-refractivity contribution in [3.8, 4) is 5.75 Å². The summed E-state index contributed by atoms with van der Waals surface area (Å²) in [5, 5.41) is 10.7. The van der Waals surface area contributed by atoms with Crippen LogP contribution in [0.3, 0.4) is 0 Å². The maximum atomic E-state index is 11.7. The Labute approximate surface area is 152 Å². The van der Waals surface area contributed by atoms with E-state index in [4.69, 9.17) is 10.5 Å². The van der Waals surface area contributed by atoms with Crippen molar-refractivity contribution in [2.75, 3.05) is 6.61 Å². The van der Waals surface area contributed by atoms with E-state index in [2.05, 4.69) is 41.5 Å². The fourth-order valence-corrected chi connectivity index (χ4v) is 2.45. The van der Waals surface area contributed by atoms with Crippen LogP contribution in [-0.4, -0.2) is 17.7 Å². The standard InChI is InChI=1S/C19H31NO3.ClH/c1-8-23-16(21)11-15(20)13-9-12(18(2,3)4)10-14(17(13)22)19(5,6)7;/h9-10,15,22H,8,11,20H2,1-7H3;1H/t15-;/m0./s1. The van der Waals surface area contributed by atoms with Gasteiger partial charge in [-0.25, -0.2) is 0 Å². The van der Waals surface area contributed by atoms with Crippen molar-refractivity contribution < 1.29 is 14.6 Å². The van der Waals surface area contributed by atoms with Gasteiger partial charge in [0.25, 0.3) is 0 Å². The summed E-state index contributed by atoms with van der Waals surface area (Å²) >= 11 is 0. The van der Waals surface area contributed by atoms with Gasteiger partial charge in [-0.05, 0) is 34.9 Å². The van der Waals surface area contributed by atoms with Crippen LogP contribution in [0.1, 0.15) is 77.6 Å². The molecule has 0 fully saturated rings. The normalized spacial score (nSPS) is 13.2. The zero-order valence-corrected chi connectivity index (χ0v) is 16.7. The van der Waals surface area contributed by atoms with Crippen LogP contribution in [0.4, 0.5) is 0 Å². The molecule has 3 N–H and O–H groups in total. The number of halogens is 1. The first-order valence-electron chi connectivity index (χ1n) is 8.17. The summed E-state index contributed by atoms with van der Waals surface area (Å²) in [6, 6.07) is 3.36. The number of hydrogen-bond acceptors (Lipinski definition) is 4. The highest BCUT2D eigenvalue weighted by atomic mass is 35.5. The number of phenolic OH excluding ortho intramolecular Hbond substituents is 1. The molecule has 0 aliphatic heterocycles. The average molecular weight is 358 g/mol. The van der Waals surface area contributed by atoms with Gasteiger partial charge in [-0.1, -0.05) is 47.6 Å². The second-order valence-corrected chi connectivity index (χ2v) is 8.08. The fraction of sp³-hybridized carbons (Fsp3) is 0.632. The second kappa shape index (κ2) is 8.21. The van der Waals surface area contributed by atoms with Gasteiger partial charge >= 0.3 is 5.97 Å². The minimum absolute atomic E-state index is 0. The van der Waals surface area contributed by atoms with Crippen molar-refractivity contribution in [1.29, 1.82) is 0 Å². The summed E-state index contributed by atoms with van der Waals surface area (Å²) in [5.41, 5.74) is 8.44. The Kier molecular flexibility index (Phi) is 7.78. The highest BCUT2D eigenvalue weighted by molar-refractivity contribution is 5.85. The molecule has 0 aliphatic carbocycles. The predicted octanol–water partition coefficient (Wildman–Crippen LogP) is 4.36. The van der Waals surface area contributed by atoms with Crippen molar-refractivity contribution >= 4 is 18.4 Å². The molecule has 0 heterocycles. The number of nitrogens with two attached hydrogens (primary N) is 1. The topological polar surface area (TPSA) is 72.5 Å². The number of phenols is 1. The first-order chi connectivity index (χ1) is 10.4. The van der Waals surface area contributed by atoms with Crippen LogP contribution in [0.5, 0.6) is 5.75 Å². The number of ether oxygens (including phenoxy) is 1. The smallest absolute Gasteiger partial charge is 0.307 e. The molecule has 0 radical (unpaired) electrons. The first kappa shape index (κ1) is 22.7. The van der Waals surface area contributed by atoms with E-state index in [0.29, 0.717) is 12.2 Å². The van der Waals surface area contributed by atoms with Crippen LogP contribution in [0.25, 0.3) is 0 Å². The number of hydrogen-bond donors (Lipinski definition) is 2. The van der Waals surface area contributed by atoms with Gasteiger partial charge in [0, 0.05) is 11.6 Å². The number of rotatable bonds is 4. The van der Waals surface area contributed by atoms with Crippen molar-refractivity contribution in [2.45, 2.75) is 71.8 Å². The van der Waals surface area contributed by atoms with Gasteiger partial charge < -0.3 is 15.6 Å². The molecule has 0 amide bonds.